The molecule has 0 amide bonds. The van der Waals surface area contributed by atoms with E-state index in [0.29, 0.717) is 23.6 Å². The van der Waals surface area contributed by atoms with E-state index in [9.17, 15) is 4.79 Å². The molecule has 1 aromatic heterocycles. The van der Waals surface area contributed by atoms with Crippen LogP contribution < -0.4 is 4.74 Å². The molecule has 4 heteroatoms. The Morgan fingerprint density at radius 3 is 2.80 bits per heavy atom. The average Bonchev–Trinajstić information content (AvgIpc) is 3.21. The third-order valence-electron chi connectivity index (χ3n) is 4.68. The van der Waals surface area contributed by atoms with E-state index >= 15 is 0 Å². The maximum absolute atomic E-state index is 12.3. The number of Topliss-reactive ketones (excluding diaryl/α,β-unsaturated/α-hetero) is 1. The van der Waals surface area contributed by atoms with Gasteiger partial charge in [-0.1, -0.05) is 48.5 Å². The predicted octanol–water partition coefficient (Wildman–Crippen LogP) is 4.92. The number of fused-ring (bicyclic) bond motifs is 1. The highest BCUT2D eigenvalue weighted by Crippen LogP contribution is 2.40. The van der Waals surface area contributed by atoms with Gasteiger partial charge in [0.2, 0.25) is 0 Å². The van der Waals surface area contributed by atoms with Crippen molar-refractivity contribution in [2.75, 3.05) is 0 Å². The van der Waals surface area contributed by atoms with E-state index in [1.807, 2.05) is 55.5 Å². The third-order valence-corrected chi connectivity index (χ3v) is 4.68. The molecule has 0 saturated carbocycles. The fraction of sp³-hybridized carbons (Fsp3) is 0.238. The van der Waals surface area contributed by atoms with Crippen LogP contribution in [0.5, 0.6) is 5.75 Å². The summed E-state index contributed by atoms with van der Waals surface area (Å²) in [6, 6.07) is 15.6. The van der Waals surface area contributed by atoms with E-state index in [4.69, 9.17) is 9.26 Å². The van der Waals surface area contributed by atoms with Crippen LogP contribution in [-0.2, 0) is 6.61 Å². The van der Waals surface area contributed by atoms with Gasteiger partial charge in [0, 0.05) is 18.1 Å². The summed E-state index contributed by atoms with van der Waals surface area (Å²) in [6.07, 6.45) is 0.554. The minimum atomic E-state index is 0.159. The molecule has 1 aliphatic rings. The monoisotopic (exact) mass is 333 g/mol. The Bertz CT molecular complexity index is 928. The van der Waals surface area contributed by atoms with Crippen molar-refractivity contribution in [1.29, 1.82) is 0 Å². The Kier molecular flexibility index (Phi) is 3.88. The highest BCUT2D eigenvalue weighted by atomic mass is 16.5. The number of ketones is 1. The van der Waals surface area contributed by atoms with Gasteiger partial charge in [0.1, 0.15) is 18.1 Å². The Hall–Kier alpha value is -2.88. The lowest BCUT2D eigenvalue weighted by Crippen LogP contribution is -2.02. The number of nitrogens with zero attached hydrogens (tertiary/aromatic N) is 1. The van der Waals surface area contributed by atoms with Crippen LogP contribution in [0, 0.1) is 6.92 Å². The molecule has 1 aliphatic carbocycles. The van der Waals surface area contributed by atoms with E-state index in [0.717, 1.165) is 22.3 Å². The molecule has 1 heterocycles. The maximum Gasteiger partial charge on any atom is 0.167 e. The quantitative estimate of drug-likeness (QED) is 0.680. The molecule has 1 atom stereocenters. The van der Waals surface area contributed by atoms with Gasteiger partial charge in [-0.05, 0) is 30.0 Å². The van der Waals surface area contributed by atoms with Gasteiger partial charge in [0.25, 0.3) is 0 Å². The summed E-state index contributed by atoms with van der Waals surface area (Å²) in [7, 11) is 0. The summed E-state index contributed by atoms with van der Waals surface area (Å²) in [6.45, 7) is 4.40. The molecule has 126 valence electrons. The van der Waals surface area contributed by atoms with Crippen molar-refractivity contribution in [3.63, 3.8) is 0 Å². The van der Waals surface area contributed by atoms with Crippen molar-refractivity contribution in [1.82, 2.24) is 5.16 Å². The van der Waals surface area contributed by atoms with E-state index in [1.54, 1.807) is 0 Å². The van der Waals surface area contributed by atoms with Crippen LogP contribution in [0.25, 0.3) is 11.3 Å². The van der Waals surface area contributed by atoms with Gasteiger partial charge in [-0.3, -0.25) is 4.79 Å². The molecule has 0 aliphatic heterocycles. The number of hydrogen-bond acceptors (Lipinski definition) is 4. The first-order valence-electron chi connectivity index (χ1n) is 8.44. The molecule has 4 nitrogen and oxygen atoms in total. The summed E-state index contributed by atoms with van der Waals surface area (Å²) in [5, 5.41) is 4.07. The lowest BCUT2D eigenvalue weighted by Gasteiger charge is -2.12. The van der Waals surface area contributed by atoms with E-state index in [2.05, 4.69) is 12.1 Å². The first-order valence-corrected chi connectivity index (χ1v) is 8.44. The molecule has 0 N–H and O–H groups in total. The summed E-state index contributed by atoms with van der Waals surface area (Å²) < 4.78 is 11.3. The summed E-state index contributed by atoms with van der Waals surface area (Å²) >= 11 is 0. The molecule has 2 aromatic carbocycles. The SMILES string of the molecule is Cc1ccc(OCc2cc(-c3ccccc3)on2)c2c1C(C)CC2=O. The molecule has 4 rings (SSSR count). The van der Waals surface area contributed by atoms with Crippen molar-refractivity contribution >= 4 is 5.78 Å². The molecule has 25 heavy (non-hydrogen) atoms. The van der Waals surface area contributed by atoms with Gasteiger partial charge >= 0.3 is 0 Å². The molecule has 0 bridgehead atoms. The zero-order valence-electron chi connectivity index (χ0n) is 14.3. The van der Waals surface area contributed by atoms with Crippen LogP contribution in [0.4, 0.5) is 0 Å². The topological polar surface area (TPSA) is 52.3 Å². The molecule has 0 saturated heterocycles. The molecule has 0 fully saturated rings. The lowest BCUT2D eigenvalue weighted by molar-refractivity contribution is 0.0986. The highest BCUT2D eigenvalue weighted by Gasteiger charge is 2.31. The average molecular weight is 333 g/mol. The predicted molar refractivity (Wildman–Crippen MR) is 94.8 cm³/mol. The third kappa shape index (κ3) is 2.84. The lowest BCUT2D eigenvalue weighted by atomic mass is 9.97. The smallest absolute Gasteiger partial charge is 0.167 e. The molecule has 3 aromatic rings. The fourth-order valence-electron chi connectivity index (χ4n) is 3.50. The number of hydrogen-bond donors (Lipinski definition) is 0. The number of rotatable bonds is 4. The fourth-order valence-corrected chi connectivity index (χ4v) is 3.50. The zero-order chi connectivity index (χ0) is 17.4. The second-order valence-electron chi connectivity index (χ2n) is 6.53. The van der Waals surface area contributed by atoms with Gasteiger partial charge in [-0.15, -0.1) is 0 Å². The van der Waals surface area contributed by atoms with Gasteiger partial charge in [0.15, 0.2) is 11.5 Å². The maximum atomic E-state index is 12.3. The molecular formula is C21H19NO3. The summed E-state index contributed by atoms with van der Waals surface area (Å²) in [4.78, 5) is 12.3. The van der Waals surface area contributed by atoms with Crippen molar-refractivity contribution in [3.05, 3.63) is 70.9 Å². The van der Waals surface area contributed by atoms with Gasteiger partial charge in [-0.25, -0.2) is 0 Å². The molecular weight excluding hydrogens is 314 g/mol. The van der Waals surface area contributed by atoms with Gasteiger partial charge in [-0.2, -0.15) is 0 Å². The van der Waals surface area contributed by atoms with Crippen LogP contribution in [0.3, 0.4) is 0 Å². The number of carbonyl (C=O) groups is 1. The second-order valence-corrected chi connectivity index (χ2v) is 6.53. The van der Waals surface area contributed by atoms with Crippen molar-refractivity contribution < 1.29 is 14.1 Å². The Balaban J connectivity index is 1.55. The number of ether oxygens (including phenoxy) is 1. The minimum Gasteiger partial charge on any atom is -0.486 e. The molecule has 0 radical (unpaired) electrons. The van der Waals surface area contributed by atoms with Gasteiger partial charge < -0.3 is 9.26 Å². The second kappa shape index (κ2) is 6.20. The number of benzene rings is 2. The number of aromatic nitrogens is 1. The Labute approximate surface area is 146 Å². The van der Waals surface area contributed by atoms with Crippen molar-refractivity contribution in [2.45, 2.75) is 32.8 Å². The molecule has 0 spiro atoms. The standard InChI is InChI=1S/C21H19NO3/c1-13-8-9-18(21-17(23)10-14(2)20(13)21)24-12-16-11-19(25-22-16)15-6-4-3-5-7-15/h3-9,11,14H,10,12H2,1-2H3. The minimum absolute atomic E-state index is 0.159. The summed E-state index contributed by atoms with van der Waals surface area (Å²) in [5.41, 5.74) is 4.67. The van der Waals surface area contributed by atoms with E-state index in [1.165, 1.54) is 0 Å². The number of aryl methyl sites for hydroxylation is 1. The summed E-state index contributed by atoms with van der Waals surface area (Å²) in [5.74, 6) is 1.76. The van der Waals surface area contributed by atoms with Crippen LogP contribution in [0.15, 0.2) is 53.1 Å². The van der Waals surface area contributed by atoms with E-state index < -0.39 is 0 Å². The zero-order valence-corrected chi connectivity index (χ0v) is 14.3. The molecule has 1 unspecified atom stereocenters. The Morgan fingerprint density at radius 1 is 1.20 bits per heavy atom. The van der Waals surface area contributed by atoms with Crippen LogP contribution in [-0.4, -0.2) is 10.9 Å². The number of carbonyl (C=O) groups excluding carboxylic acids is 1. The van der Waals surface area contributed by atoms with Crippen LogP contribution >= 0.6 is 0 Å². The normalized spacial score (nSPS) is 16.1. The Morgan fingerprint density at radius 2 is 2.00 bits per heavy atom. The van der Waals surface area contributed by atoms with Crippen LogP contribution in [0.2, 0.25) is 0 Å². The highest BCUT2D eigenvalue weighted by molar-refractivity contribution is 6.04. The van der Waals surface area contributed by atoms with Crippen LogP contribution in [0.1, 0.15) is 46.4 Å². The first kappa shape index (κ1) is 15.6. The first-order chi connectivity index (χ1) is 12.1. The largest absolute Gasteiger partial charge is 0.486 e. The van der Waals surface area contributed by atoms with Crippen molar-refractivity contribution in [3.8, 4) is 17.1 Å². The van der Waals surface area contributed by atoms with Crippen molar-refractivity contribution in [2.24, 2.45) is 0 Å². The van der Waals surface area contributed by atoms with Gasteiger partial charge in [0.05, 0.1) is 5.56 Å². The van der Waals surface area contributed by atoms with E-state index in [-0.39, 0.29) is 18.3 Å².